The van der Waals surface area contributed by atoms with Crippen molar-refractivity contribution in [2.24, 2.45) is 0 Å². The second-order valence-electron chi connectivity index (χ2n) is 6.11. The van der Waals surface area contributed by atoms with Crippen LogP contribution in [0.25, 0.3) is 33.7 Å². The minimum Gasteiger partial charge on any atom is -0.438 e. The third-order valence-corrected chi connectivity index (χ3v) is 4.26. The van der Waals surface area contributed by atoms with Gasteiger partial charge in [0.05, 0.1) is 10.9 Å². The molecule has 2 heterocycles. The molecule has 5 aromatic rings. The maximum atomic E-state index is 6.15. The molecule has 3 aromatic carbocycles. The molecule has 0 atom stereocenters. The number of ether oxygens (including phenoxy) is 1. The van der Waals surface area contributed by atoms with Crippen LogP contribution in [0.1, 0.15) is 0 Å². The maximum absolute atomic E-state index is 6.15. The predicted octanol–water partition coefficient (Wildman–Crippen LogP) is 5.14. The molecule has 0 amide bonds. The highest BCUT2D eigenvalue weighted by Gasteiger charge is 2.12. The van der Waals surface area contributed by atoms with Crippen molar-refractivity contribution in [1.82, 2.24) is 20.2 Å². The van der Waals surface area contributed by atoms with Crippen LogP contribution in [0.5, 0.6) is 11.6 Å². The van der Waals surface area contributed by atoms with Gasteiger partial charge in [-0.2, -0.15) is 4.98 Å². The quantitative estimate of drug-likeness (QED) is 0.438. The molecule has 5 rings (SSSR count). The molecule has 0 bridgehead atoms. The lowest BCUT2D eigenvalue weighted by Crippen LogP contribution is -1.96. The van der Waals surface area contributed by atoms with E-state index in [-0.39, 0.29) is 0 Å². The number of fused-ring (bicyclic) bond motifs is 1. The molecule has 134 valence electrons. The third-order valence-electron chi connectivity index (χ3n) is 4.26. The van der Waals surface area contributed by atoms with Crippen LogP contribution in [-0.4, -0.2) is 20.2 Å². The van der Waals surface area contributed by atoms with Crippen molar-refractivity contribution < 1.29 is 9.15 Å². The van der Waals surface area contributed by atoms with E-state index in [4.69, 9.17) is 9.15 Å². The first-order valence-corrected chi connectivity index (χ1v) is 8.73. The topological polar surface area (TPSA) is 73.9 Å². The van der Waals surface area contributed by atoms with E-state index < -0.39 is 0 Å². The standard InChI is InChI=1S/C22H14N4O2/c1-2-7-15(8-3-1)20-24-19-12-5-4-11-18(19)22(25-20)28-17-10-6-9-16(13-17)21-26-23-14-27-21/h1-14H. The molecular weight excluding hydrogens is 352 g/mol. The molecule has 0 saturated carbocycles. The molecule has 0 unspecified atom stereocenters. The van der Waals surface area contributed by atoms with Crippen molar-refractivity contribution in [3.63, 3.8) is 0 Å². The Morgan fingerprint density at radius 2 is 1.57 bits per heavy atom. The lowest BCUT2D eigenvalue weighted by atomic mass is 10.2. The van der Waals surface area contributed by atoms with Crippen LogP contribution in [0, 0.1) is 0 Å². The van der Waals surface area contributed by atoms with Gasteiger partial charge in [-0.1, -0.05) is 48.5 Å². The molecule has 0 saturated heterocycles. The minimum absolute atomic E-state index is 0.433. The smallest absolute Gasteiger partial charge is 0.247 e. The first-order valence-electron chi connectivity index (χ1n) is 8.73. The number of aromatic nitrogens is 4. The fourth-order valence-corrected chi connectivity index (χ4v) is 2.94. The predicted molar refractivity (Wildman–Crippen MR) is 105 cm³/mol. The Bertz CT molecular complexity index is 1240. The summed E-state index contributed by atoms with van der Waals surface area (Å²) < 4.78 is 11.4. The van der Waals surface area contributed by atoms with Gasteiger partial charge in [0.2, 0.25) is 18.2 Å². The van der Waals surface area contributed by atoms with Crippen molar-refractivity contribution in [3.05, 3.63) is 85.3 Å². The van der Waals surface area contributed by atoms with E-state index in [9.17, 15) is 0 Å². The first-order chi connectivity index (χ1) is 13.9. The van der Waals surface area contributed by atoms with Crippen LogP contribution in [0.15, 0.2) is 89.7 Å². The Morgan fingerprint density at radius 1 is 0.750 bits per heavy atom. The van der Waals surface area contributed by atoms with Crippen LogP contribution in [0.3, 0.4) is 0 Å². The van der Waals surface area contributed by atoms with Gasteiger partial charge in [-0.15, -0.1) is 10.2 Å². The second-order valence-corrected chi connectivity index (χ2v) is 6.11. The van der Waals surface area contributed by atoms with Gasteiger partial charge in [0.1, 0.15) is 5.75 Å². The molecule has 0 radical (unpaired) electrons. The normalized spacial score (nSPS) is 10.9. The Morgan fingerprint density at radius 3 is 2.43 bits per heavy atom. The average Bonchev–Trinajstić information content (AvgIpc) is 3.30. The van der Waals surface area contributed by atoms with E-state index in [0.29, 0.717) is 23.3 Å². The molecule has 6 nitrogen and oxygen atoms in total. The molecule has 0 aliphatic carbocycles. The SMILES string of the molecule is c1ccc(-c2nc(Oc3cccc(-c4nnco4)c3)c3ccccc3n2)cc1. The molecular formula is C22H14N4O2. The van der Waals surface area contributed by atoms with Gasteiger partial charge in [-0.05, 0) is 30.3 Å². The maximum Gasteiger partial charge on any atom is 0.247 e. The molecule has 0 N–H and O–H groups in total. The van der Waals surface area contributed by atoms with Gasteiger partial charge in [-0.25, -0.2) is 4.98 Å². The molecule has 2 aromatic heterocycles. The van der Waals surface area contributed by atoms with Crippen LogP contribution in [0.2, 0.25) is 0 Å². The average molecular weight is 366 g/mol. The zero-order valence-electron chi connectivity index (χ0n) is 14.7. The van der Waals surface area contributed by atoms with E-state index in [1.807, 2.05) is 78.9 Å². The van der Waals surface area contributed by atoms with Crippen molar-refractivity contribution in [2.45, 2.75) is 0 Å². The summed E-state index contributed by atoms with van der Waals surface area (Å²) >= 11 is 0. The van der Waals surface area contributed by atoms with Gasteiger partial charge < -0.3 is 9.15 Å². The summed E-state index contributed by atoms with van der Waals surface area (Å²) in [4.78, 5) is 9.36. The van der Waals surface area contributed by atoms with Crippen LogP contribution >= 0.6 is 0 Å². The number of benzene rings is 3. The molecule has 0 aliphatic heterocycles. The summed E-state index contributed by atoms with van der Waals surface area (Å²) in [5.41, 5.74) is 2.52. The number of para-hydroxylation sites is 1. The number of rotatable bonds is 4. The Hall–Kier alpha value is -4.06. The summed E-state index contributed by atoms with van der Waals surface area (Å²) in [5, 5.41) is 8.50. The van der Waals surface area contributed by atoms with Crippen LogP contribution < -0.4 is 4.74 Å². The Balaban J connectivity index is 1.60. The Labute approximate surface area is 160 Å². The van der Waals surface area contributed by atoms with Gasteiger partial charge in [0.25, 0.3) is 0 Å². The van der Waals surface area contributed by atoms with E-state index in [0.717, 1.165) is 22.0 Å². The van der Waals surface area contributed by atoms with Crippen molar-refractivity contribution in [3.8, 4) is 34.5 Å². The second kappa shape index (κ2) is 6.92. The molecule has 0 fully saturated rings. The van der Waals surface area contributed by atoms with Crippen LogP contribution in [0.4, 0.5) is 0 Å². The highest BCUT2D eigenvalue weighted by molar-refractivity contribution is 5.85. The molecule has 28 heavy (non-hydrogen) atoms. The van der Waals surface area contributed by atoms with E-state index in [1.54, 1.807) is 0 Å². The monoisotopic (exact) mass is 366 g/mol. The van der Waals surface area contributed by atoms with E-state index >= 15 is 0 Å². The van der Waals surface area contributed by atoms with Crippen molar-refractivity contribution in [2.75, 3.05) is 0 Å². The van der Waals surface area contributed by atoms with Crippen molar-refractivity contribution >= 4 is 10.9 Å². The van der Waals surface area contributed by atoms with Gasteiger partial charge >= 0.3 is 0 Å². The fourth-order valence-electron chi connectivity index (χ4n) is 2.94. The first kappa shape index (κ1) is 16.1. The van der Waals surface area contributed by atoms with Crippen LogP contribution in [-0.2, 0) is 0 Å². The highest BCUT2D eigenvalue weighted by Crippen LogP contribution is 2.31. The number of hydrogen-bond acceptors (Lipinski definition) is 6. The van der Waals surface area contributed by atoms with Crippen molar-refractivity contribution in [1.29, 1.82) is 0 Å². The van der Waals surface area contributed by atoms with E-state index in [2.05, 4.69) is 20.2 Å². The Kier molecular flexibility index (Phi) is 3.99. The highest BCUT2D eigenvalue weighted by atomic mass is 16.5. The zero-order valence-corrected chi connectivity index (χ0v) is 14.7. The number of hydrogen-bond donors (Lipinski definition) is 0. The van der Waals surface area contributed by atoms with Gasteiger partial charge in [-0.3, -0.25) is 0 Å². The summed E-state index contributed by atoms with van der Waals surface area (Å²) in [5.74, 6) is 2.16. The van der Waals surface area contributed by atoms with Gasteiger partial charge in [0, 0.05) is 11.1 Å². The summed E-state index contributed by atoms with van der Waals surface area (Å²) in [6.07, 6.45) is 1.30. The largest absolute Gasteiger partial charge is 0.438 e. The molecule has 0 aliphatic rings. The lowest BCUT2D eigenvalue weighted by Gasteiger charge is -2.10. The fraction of sp³-hybridized carbons (Fsp3) is 0. The molecule has 6 heteroatoms. The lowest BCUT2D eigenvalue weighted by molar-refractivity contribution is 0.468. The summed E-state index contributed by atoms with van der Waals surface area (Å²) in [6.45, 7) is 0. The zero-order chi connectivity index (χ0) is 18.8. The van der Waals surface area contributed by atoms with Gasteiger partial charge in [0.15, 0.2) is 5.82 Å². The van der Waals surface area contributed by atoms with E-state index in [1.165, 1.54) is 6.39 Å². The minimum atomic E-state index is 0.433. The molecule has 0 spiro atoms. The number of nitrogens with zero attached hydrogens (tertiary/aromatic N) is 4. The summed E-state index contributed by atoms with van der Waals surface area (Å²) in [6, 6.07) is 25.1. The summed E-state index contributed by atoms with van der Waals surface area (Å²) in [7, 11) is 0. The third kappa shape index (κ3) is 3.07.